The van der Waals surface area contributed by atoms with Crippen LogP contribution in [0.4, 0.5) is 15.8 Å². The molecule has 4 N–H and O–H groups in total. The predicted molar refractivity (Wildman–Crippen MR) is 101 cm³/mol. The molecule has 4 rings (SSSR count). The fourth-order valence-corrected chi connectivity index (χ4v) is 3.48. The molecule has 0 saturated carbocycles. The zero-order valence-electron chi connectivity index (χ0n) is 15.9. The van der Waals surface area contributed by atoms with Gasteiger partial charge < -0.3 is 16.0 Å². The van der Waals surface area contributed by atoms with Crippen molar-refractivity contribution in [1.82, 2.24) is 10.2 Å². The highest BCUT2D eigenvalue weighted by Crippen LogP contribution is 2.32. The van der Waals surface area contributed by atoms with Crippen LogP contribution in [-0.4, -0.2) is 28.6 Å². The Morgan fingerprint density at radius 3 is 2.86 bits per heavy atom. The number of nitrogens with one attached hydrogen (secondary N) is 2. The summed E-state index contributed by atoms with van der Waals surface area (Å²) in [7, 11) is 0. The standard InChI is InChI=1S/C20H19FN4O3/c21-15-8-12(22)5-4-11(15)9-23-16-3-1-2-13-14(16)10-25(20(13)28)17-6-7-18(26)24-19(17)27/h1-5,8,17,23H,6-7,9-10,22H2,(H,24,26,27)/t17-/m0/s1/i17D. The molecule has 0 unspecified atom stereocenters. The number of anilines is 2. The highest BCUT2D eigenvalue weighted by atomic mass is 19.1. The number of imide groups is 1. The zero-order chi connectivity index (χ0) is 20.8. The molecular formula is C20H19FN4O3. The van der Waals surface area contributed by atoms with E-state index in [1.807, 2.05) is 0 Å². The van der Waals surface area contributed by atoms with Crippen molar-refractivity contribution in [3.05, 3.63) is 58.9 Å². The van der Waals surface area contributed by atoms with Crippen molar-refractivity contribution in [2.45, 2.75) is 31.9 Å². The van der Waals surface area contributed by atoms with Crippen LogP contribution in [0.15, 0.2) is 36.4 Å². The fraction of sp³-hybridized carbons (Fsp3) is 0.250. The average molecular weight is 383 g/mol. The first-order valence-corrected chi connectivity index (χ1v) is 8.85. The Morgan fingerprint density at radius 2 is 2.11 bits per heavy atom. The van der Waals surface area contributed by atoms with Crippen LogP contribution in [-0.2, 0) is 22.7 Å². The Bertz CT molecular complexity index is 1040. The van der Waals surface area contributed by atoms with Crippen LogP contribution in [0.3, 0.4) is 0 Å². The van der Waals surface area contributed by atoms with Crippen molar-refractivity contribution in [3.8, 4) is 0 Å². The van der Waals surface area contributed by atoms with Gasteiger partial charge in [0.25, 0.3) is 5.91 Å². The van der Waals surface area contributed by atoms with E-state index in [1.165, 1.54) is 11.0 Å². The number of hydrogen-bond acceptors (Lipinski definition) is 5. The lowest BCUT2D eigenvalue weighted by molar-refractivity contribution is -0.136. The maximum absolute atomic E-state index is 14.0. The van der Waals surface area contributed by atoms with Gasteiger partial charge in [0.05, 0.1) is 1.37 Å². The smallest absolute Gasteiger partial charge is 0.255 e. The third-order valence-corrected chi connectivity index (χ3v) is 4.94. The average Bonchev–Trinajstić information content (AvgIpc) is 3.02. The Hall–Kier alpha value is -3.42. The Kier molecular flexibility index (Phi) is 4.16. The highest BCUT2D eigenvalue weighted by molar-refractivity contribution is 6.06. The molecule has 2 aromatic rings. The quantitative estimate of drug-likeness (QED) is 0.551. The number of piperidine rings is 1. The molecule has 2 aliphatic heterocycles. The number of nitrogens with zero attached hydrogens (tertiary/aromatic N) is 1. The van der Waals surface area contributed by atoms with Crippen LogP contribution in [0.1, 0.15) is 35.7 Å². The van der Waals surface area contributed by atoms with Gasteiger partial charge in [0.15, 0.2) is 0 Å². The molecule has 2 aliphatic rings. The number of hydrogen-bond donors (Lipinski definition) is 3. The van der Waals surface area contributed by atoms with E-state index in [2.05, 4.69) is 10.6 Å². The van der Waals surface area contributed by atoms with Gasteiger partial charge in [-0.2, -0.15) is 0 Å². The predicted octanol–water partition coefficient (Wildman–Crippen LogP) is 1.78. The molecule has 7 nitrogen and oxygen atoms in total. The lowest BCUT2D eigenvalue weighted by atomic mass is 10.0. The molecule has 0 aromatic heterocycles. The van der Waals surface area contributed by atoms with Crippen LogP contribution in [0.2, 0.25) is 0 Å². The minimum Gasteiger partial charge on any atom is -0.399 e. The van der Waals surface area contributed by atoms with Gasteiger partial charge in [-0.15, -0.1) is 0 Å². The van der Waals surface area contributed by atoms with Crippen molar-refractivity contribution in [2.75, 3.05) is 11.1 Å². The normalized spacial score (nSPS) is 22.0. The summed E-state index contributed by atoms with van der Waals surface area (Å²) in [6.45, 7) is 0.227. The van der Waals surface area contributed by atoms with Gasteiger partial charge in [-0.25, -0.2) is 4.39 Å². The molecule has 2 heterocycles. The van der Waals surface area contributed by atoms with Crippen molar-refractivity contribution in [2.24, 2.45) is 0 Å². The number of amides is 3. The molecule has 1 atom stereocenters. The van der Waals surface area contributed by atoms with E-state index >= 15 is 0 Å². The molecule has 0 radical (unpaired) electrons. The molecule has 3 amide bonds. The Morgan fingerprint density at radius 1 is 1.29 bits per heavy atom. The summed E-state index contributed by atoms with van der Waals surface area (Å²) in [6.07, 6.45) is -0.0618. The van der Waals surface area contributed by atoms with E-state index in [-0.39, 0.29) is 25.9 Å². The second kappa shape index (κ2) is 6.95. The number of nitrogens with two attached hydrogens (primary N) is 1. The molecule has 1 saturated heterocycles. The number of rotatable bonds is 4. The van der Waals surface area contributed by atoms with E-state index in [0.717, 1.165) is 0 Å². The number of fused-ring (bicyclic) bond motifs is 1. The summed E-state index contributed by atoms with van der Waals surface area (Å²) in [5.74, 6) is -2.12. The maximum Gasteiger partial charge on any atom is 0.255 e. The van der Waals surface area contributed by atoms with Crippen molar-refractivity contribution in [1.29, 1.82) is 0 Å². The summed E-state index contributed by atoms with van der Waals surface area (Å²) in [5, 5.41) is 5.26. The number of nitrogen functional groups attached to an aromatic ring is 1. The first kappa shape index (κ1) is 16.7. The molecule has 1 fully saturated rings. The molecule has 144 valence electrons. The molecule has 8 heteroatoms. The third kappa shape index (κ3) is 3.17. The van der Waals surface area contributed by atoms with Gasteiger partial charge in [-0.05, 0) is 30.7 Å². The van der Waals surface area contributed by atoms with Crippen molar-refractivity contribution in [3.63, 3.8) is 0 Å². The summed E-state index contributed by atoms with van der Waals surface area (Å²) in [5.41, 5.74) is 7.94. The van der Waals surface area contributed by atoms with Crippen LogP contribution in [0, 0.1) is 5.82 Å². The number of carbonyl (C=O) groups is 3. The minimum atomic E-state index is -1.84. The Labute approximate surface area is 162 Å². The van der Waals surface area contributed by atoms with E-state index in [9.17, 15) is 18.8 Å². The first-order valence-electron chi connectivity index (χ1n) is 9.35. The second-order valence-corrected chi connectivity index (χ2v) is 6.75. The number of benzene rings is 2. The summed E-state index contributed by atoms with van der Waals surface area (Å²) in [4.78, 5) is 37.8. The van der Waals surface area contributed by atoms with Gasteiger partial charge in [0.2, 0.25) is 11.8 Å². The SMILES string of the molecule is [2H][C@]1(N2Cc3c(NCc4ccc(N)cc4F)cccc3C2=O)CCC(=O)NC1=O. The van der Waals surface area contributed by atoms with Gasteiger partial charge in [-0.3, -0.25) is 19.7 Å². The molecule has 28 heavy (non-hydrogen) atoms. The minimum absolute atomic E-state index is 0.00309. The summed E-state index contributed by atoms with van der Waals surface area (Å²) >= 11 is 0. The third-order valence-electron chi connectivity index (χ3n) is 4.94. The Balaban J connectivity index is 1.58. The molecular weight excluding hydrogens is 363 g/mol. The van der Waals surface area contributed by atoms with Gasteiger partial charge in [0, 0.05) is 47.6 Å². The van der Waals surface area contributed by atoms with E-state index in [0.29, 0.717) is 28.1 Å². The monoisotopic (exact) mass is 383 g/mol. The fourth-order valence-electron chi connectivity index (χ4n) is 3.48. The van der Waals surface area contributed by atoms with Gasteiger partial charge >= 0.3 is 0 Å². The topological polar surface area (TPSA) is 105 Å². The van der Waals surface area contributed by atoms with Crippen LogP contribution < -0.4 is 16.4 Å². The van der Waals surface area contributed by atoms with E-state index in [4.69, 9.17) is 7.10 Å². The van der Waals surface area contributed by atoms with E-state index < -0.39 is 29.6 Å². The maximum atomic E-state index is 14.0. The van der Waals surface area contributed by atoms with Crippen LogP contribution in [0.25, 0.3) is 0 Å². The van der Waals surface area contributed by atoms with E-state index in [1.54, 1.807) is 30.3 Å². The number of halogens is 1. The lowest BCUT2D eigenvalue weighted by Gasteiger charge is -2.29. The summed E-state index contributed by atoms with van der Waals surface area (Å²) in [6, 6.07) is 7.65. The summed E-state index contributed by atoms with van der Waals surface area (Å²) < 4.78 is 22.6. The van der Waals surface area contributed by atoms with Crippen LogP contribution >= 0.6 is 0 Å². The lowest BCUT2D eigenvalue weighted by Crippen LogP contribution is -2.52. The molecule has 0 bridgehead atoms. The zero-order valence-corrected chi connectivity index (χ0v) is 14.9. The van der Waals surface area contributed by atoms with Gasteiger partial charge in [-0.1, -0.05) is 12.1 Å². The van der Waals surface area contributed by atoms with Crippen molar-refractivity contribution >= 4 is 29.1 Å². The molecule has 0 spiro atoms. The van der Waals surface area contributed by atoms with Crippen molar-refractivity contribution < 1.29 is 20.1 Å². The second-order valence-electron chi connectivity index (χ2n) is 6.75. The largest absolute Gasteiger partial charge is 0.399 e. The number of carbonyl (C=O) groups excluding carboxylic acids is 3. The first-order chi connectivity index (χ1) is 13.8. The highest BCUT2D eigenvalue weighted by Gasteiger charge is 2.39. The van der Waals surface area contributed by atoms with Crippen LogP contribution in [0.5, 0.6) is 0 Å². The molecule has 0 aliphatic carbocycles. The van der Waals surface area contributed by atoms with Gasteiger partial charge in [0.1, 0.15) is 11.8 Å². The molecule has 2 aromatic carbocycles.